The highest BCUT2D eigenvalue weighted by molar-refractivity contribution is 5.81. The fraction of sp³-hybridized carbons (Fsp3) is 0.733. The van der Waals surface area contributed by atoms with Crippen LogP contribution >= 0.6 is 0 Å². The maximum absolute atomic E-state index is 12.3. The minimum Gasteiger partial charge on any atom is -0.276 e. The van der Waals surface area contributed by atoms with Crippen LogP contribution in [0.1, 0.15) is 69.0 Å². The summed E-state index contributed by atoms with van der Waals surface area (Å²) >= 11 is 0. The number of rotatable bonds is 1. The highest BCUT2D eigenvalue weighted by Gasteiger charge is 2.19. The largest absolute Gasteiger partial charge is 0.276 e. The van der Waals surface area contributed by atoms with Gasteiger partial charge in [-0.15, -0.1) is 0 Å². The standard InChI is InChI=1S/C15H24N2O/c18-15(17-12-11-16-13-17)14-9-7-5-3-1-2-4-6-8-10-14/h11-14H,1-10H2. The van der Waals surface area contributed by atoms with Crippen LogP contribution in [0.15, 0.2) is 18.7 Å². The molecule has 0 N–H and O–H groups in total. The molecule has 1 heterocycles. The number of carbonyl (C=O) groups excluding carboxylic acids is 1. The third-order valence-corrected chi connectivity index (χ3v) is 3.96. The van der Waals surface area contributed by atoms with Gasteiger partial charge in [-0.25, -0.2) is 4.98 Å². The molecule has 3 nitrogen and oxygen atoms in total. The van der Waals surface area contributed by atoms with Crippen LogP contribution in [0.3, 0.4) is 0 Å². The molecule has 0 atom stereocenters. The molecule has 0 aromatic carbocycles. The molecule has 0 saturated heterocycles. The number of aromatic nitrogens is 2. The van der Waals surface area contributed by atoms with E-state index in [-0.39, 0.29) is 11.8 Å². The molecule has 0 spiro atoms. The van der Waals surface area contributed by atoms with Crippen molar-refractivity contribution in [3.8, 4) is 0 Å². The van der Waals surface area contributed by atoms with Crippen molar-refractivity contribution in [3.05, 3.63) is 18.7 Å². The molecular formula is C15H24N2O. The Bertz CT molecular complexity index is 333. The van der Waals surface area contributed by atoms with Gasteiger partial charge in [0.05, 0.1) is 0 Å². The van der Waals surface area contributed by atoms with Crippen LogP contribution in [-0.4, -0.2) is 15.5 Å². The van der Waals surface area contributed by atoms with Crippen LogP contribution in [0.4, 0.5) is 0 Å². The van der Waals surface area contributed by atoms with Gasteiger partial charge in [-0.1, -0.05) is 51.4 Å². The van der Waals surface area contributed by atoms with Crippen molar-refractivity contribution in [3.63, 3.8) is 0 Å². The lowest BCUT2D eigenvalue weighted by Crippen LogP contribution is -2.20. The summed E-state index contributed by atoms with van der Waals surface area (Å²) in [5.41, 5.74) is 0. The Morgan fingerprint density at radius 3 is 2.00 bits per heavy atom. The van der Waals surface area contributed by atoms with Gasteiger partial charge in [-0.05, 0) is 12.8 Å². The Morgan fingerprint density at radius 1 is 0.944 bits per heavy atom. The van der Waals surface area contributed by atoms with E-state index < -0.39 is 0 Å². The molecule has 2 rings (SSSR count). The predicted molar refractivity (Wildman–Crippen MR) is 72.5 cm³/mol. The summed E-state index contributed by atoms with van der Waals surface area (Å²) in [5.74, 6) is 0.448. The highest BCUT2D eigenvalue weighted by atomic mass is 16.2. The van der Waals surface area contributed by atoms with Crippen LogP contribution in [0.25, 0.3) is 0 Å². The van der Waals surface area contributed by atoms with E-state index in [4.69, 9.17) is 0 Å². The number of hydrogen-bond acceptors (Lipinski definition) is 2. The Hall–Kier alpha value is -1.12. The van der Waals surface area contributed by atoms with Gasteiger partial charge >= 0.3 is 0 Å². The molecule has 3 heteroatoms. The van der Waals surface area contributed by atoms with E-state index in [1.807, 2.05) is 0 Å². The zero-order valence-electron chi connectivity index (χ0n) is 11.2. The summed E-state index contributed by atoms with van der Waals surface area (Å²) in [5, 5.41) is 0. The van der Waals surface area contributed by atoms with Crippen LogP contribution in [0.5, 0.6) is 0 Å². The Balaban J connectivity index is 1.92. The molecule has 1 fully saturated rings. The second kappa shape index (κ2) is 7.34. The normalized spacial score (nSPS) is 20.2. The highest BCUT2D eigenvalue weighted by Crippen LogP contribution is 2.22. The van der Waals surface area contributed by atoms with Crippen molar-refractivity contribution >= 4 is 5.91 Å². The third-order valence-electron chi connectivity index (χ3n) is 3.96. The quantitative estimate of drug-likeness (QED) is 0.751. The van der Waals surface area contributed by atoms with E-state index in [9.17, 15) is 4.79 Å². The molecule has 1 saturated carbocycles. The molecule has 1 aromatic rings. The van der Waals surface area contributed by atoms with Crippen molar-refractivity contribution in [2.75, 3.05) is 0 Å². The Morgan fingerprint density at radius 2 is 1.50 bits per heavy atom. The average Bonchev–Trinajstić information content (AvgIpc) is 2.88. The number of nitrogens with zero attached hydrogens (tertiary/aromatic N) is 2. The first kappa shape index (κ1) is 13.3. The molecule has 1 aromatic heterocycles. The Kier molecular flexibility index (Phi) is 5.43. The molecule has 1 aliphatic carbocycles. The molecule has 1 aliphatic rings. The molecule has 0 radical (unpaired) electrons. The number of hydrogen-bond donors (Lipinski definition) is 0. The van der Waals surface area contributed by atoms with Gasteiger partial charge in [-0.2, -0.15) is 0 Å². The van der Waals surface area contributed by atoms with Crippen molar-refractivity contribution in [2.45, 2.75) is 64.2 Å². The average molecular weight is 248 g/mol. The van der Waals surface area contributed by atoms with Gasteiger partial charge in [0, 0.05) is 18.3 Å². The first-order chi connectivity index (χ1) is 8.88. The van der Waals surface area contributed by atoms with Gasteiger partial charge in [0.15, 0.2) is 0 Å². The maximum Gasteiger partial charge on any atom is 0.234 e. The topological polar surface area (TPSA) is 34.9 Å². The lowest BCUT2D eigenvalue weighted by Gasteiger charge is -2.15. The van der Waals surface area contributed by atoms with Gasteiger partial charge in [0.25, 0.3) is 0 Å². The predicted octanol–water partition coefficient (Wildman–Crippen LogP) is 4.05. The molecule has 0 bridgehead atoms. The van der Waals surface area contributed by atoms with E-state index in [2.05, 4.69) is 4.98 Å². The van der Waals surface area contributed by atoms with Crippen LogP contribution in [0.2, 0.25) is 0 Å². The Labute approximate surface area is 110 Å². The molecule has 18 heavy (non-hydrogen) atoms. The first-order valence-electron chi connectivity index (χ1n) is 7.40. The molecule has 0 unspecified atom stereocenters. The smallest absolute Gasteiger partial charge is 0.234 e. The second-order valence-corrected chi connectivity index (χ2v) is 5.41. The minimum atomic E-state index is 0.206. The lowest BCUT2D eigenvalue weighted by atomic mass is 9.94. The summed E-state index contributed by atoms with van der Waals surface area (Å²) in [7, 11) is 0. The van der Waals surface area contributed by atoms with E-state index in [1.54, 1.807) is 23.3 Å². The van der Waals surface area contributed by atoms with Crippen LogP contribution in [-0.2, 0) is 0 Å². The van der Waals surface area contributed by atoms with E-state index in [0.29, 0.717) is 0 Å². The van der Waals surface area contributed by atoms with Gasteiger partial charge in [-0.3, -0.25) is 9.36 Å². The summed E-state index contributed by atoms with van der Waals surface area (Å²) < 4.78 is 1.66. The molecule has 0 aliphatic heterocycles. The van der Waals surface area contributed by atoms with E-state index >= 15 is 0 Å². The first-order valence-corrected chi connectivity index (χ1v) is 7.40. The zero-order chi connectivity index (χ0) is 12.6. The maximum atomic E-state index is 12.3. The number of imidazole rings is 1. The fourth-order valence-electron chi connectivity index (χ4n) is 2.83. The van der Waals surface area contributed by atoms with E-state index in [0.717, 1.165) is 12.8 Å². The second-order valence-electron chi connectivity index (χ2n) is 5.41. The molecule has 100 valence electrons. The van der Waals surface area contributed by atoms with Crippen LogP contribution in [0, 0.1) is 5.92 Å². The van der Waals surface area contributed by atoms with Crippen molar-refractivity contribution in [1.82, 2.24) is 9.55 Å². The molecule has 0 amide bonds. The third kappa shape index (κ3) is 3.97. The lowest BCUT2D eigenvalue weighted by molar-refractivity contribution is 0.0815. The van der Waals surface area contributed by atoms with Gasteiger partial charge < -0.3 is 0 Å². The van der Waals surface area contributed by atoms with Crippen molar-refractivity contribution in [1.29, 1.82) is 0 Å². The van der Waals surface area contributed by atoms with Gasteiger partial charge in [0.2, 0.25) is 5.91 Å². The zero-order valence-corrected chi connectivity index (χ0v) is 11.2. The summed E-state index contributed by atoms with van der Waals surface area (Å²) in [6.45, 7) is 0. The summed E-state index contributed by atoms with van der Waals surface area (Å²) in [4.78, 5) is 16.3. The monoisotopic (exact) mass is 248 g/mol. The SMILES string of the molecule is O=C(C1CCCCCCCCCC1)n1ccnc1. The molecular weight excluding hydrogens is 224 g/mol. The van der Waals surface area contributed by atoms with Crippen molar-refractivity contribution < 1.29 is 4.79 Å². The summed E-state index contributed by atoms with van der Waals surface area (Å²) in [6, 6.07) is 0. The van der Waals surface area contributed by atoms with Gasteiger partial charge in [0.1, 0.15) is 6.33 Å². The van der Waals surface area contributed by atoms with E-state index in [1.165, 1.54) is 51.4 Å². The minimum absolute atomic E-state index is 0.206. The fourth-order valence-corrected chi connectivity index (χ4v) is 2.83. The van der Waals surface area contributed by atoms with Crippen molar-refractivity contribution in [2.24, 2.45) is 5.92 Å². The number of carbonyl (C=O) groups is 1. The summed E-state index contributed by atoms with van der Waals surface area (Å²) in [6.07, 6.45) is 17.6. The van der Waals surface area contributed by atoms with Crippen LogP contribution < -0.4 is 0 Å².